The van der Waals surface area contributed by atoms with E-state index >= 15 is 0 Å². The van der Waals surface area contributed by atoms with Gasteiger partial charge in [-0.3, -0.25) is 0 Å². The molecule has 0 N–H and O–H groups in total. The van der Waals surface area contributed by atoms with Crippen molar-refractivity contribution >= 4 is 23.2 Å². The second-order valence-electron chi connectivity index (χ2n) is 2.25. The Balaban J connectivity index is 3.28. The Morgan fingerprint density at radius 2 is 2.00 bits per heavy atom. The minimum absolute atomic E-state index is 0.0131. The third-order valence-corrected chi connectivity index (χ3v) is 2.02. The lowest BCUT2D eigenvalue weighted by atomic mass is 10.2. The van der Waals surface area contributed by atoms with Crippen LogP contribution in [0, 0.1) is 6.92 Å². The minimum atomic E-state index is -2.57. The van der Waals surface area contributed by atoms with E-state index in [-0.39, 0.29) is 21.4 Å². The maximum Gasteiger partial charge on any atom is 0.264 e. The summed E-state index contributed by atoms with van der Waals surface area (Å²) in [5, 5.41) is 0.0127. The molecule has 0 fully saturated rings. The predicted molar refractivity (Wildman–Crippen MR) is 44.0 cm³/mol. The molecule has 0 saturated carbocycles. The zero-order valence-electron chi connectivity index (χ0n) is 6.11. The summed E-state index contributed by atoms with van der Waals surface area (Å²) in [5.74, 6) is 0. The van der Waals surface area contributed by atoms with Crippen molar-refractivity contribution in [1.82, 2.24) is 4.98 Å². The summed E-state index contributed by atoms with van der Waals surface area (Å²) in [6.45, 7) is 1.48. The number of hydrogen-bond donors (Lipinski definition) is 0. The Labute approximate surface area is 78.3 Å². The van der Waals surface area contributed by atoms with Crippen LogP contribution in [0.3, 0.4) is 0 Å². The SMILES string of the molecule is Cc1c(C(F)F)cc(Cl)nc1Cl. The Bertz CT molecular complexity index is 302. The van der Waals surface area contributed by atoms with Gasteiger partial charge < -0.3 is 0 Å². The Hall–Kier alpha value is -0.410. The number of nitrogens with zero attached hydrogens (tertiary/aromatic N) is 1. The Morgan fingerprint density at radius 1 is 1.42 bits per heavy atom. The number of rotatable bonds is 1. The fourth-order valence-electron chi connectivity index (χ4n) is 0.792. The average Bonchev–Trinajstić information content (AvgIpc) is 1.96. The quantitative estimate of drug-likeness (QED) is 0.647. The van der Waals surface area contributed by atoms with E-state index < -0.39 is 6.43 Å². The molecule has 0 saturated heterocycles. The van der Waals surface area contributed by atoms with Gasteiger partial charge >= 0.3 is 0 Å². The molecular formula is C7H5Cl2F2N. The lowest BCUT2D eigenvalue weighted by Gasteiger charge is -2.05. The molecule has 1 nitrogen and oxygen atoms in total. The van der Waals surface area contributed by atoms with Crippen molar-refractivity contribution in [2.75, 3.05) is 0 Å². The zero-order valence-corrected chi connectivity index (χ0v) is 7.63. The first-order valence-electron chi connectivity index (χ1n) is 3.13. The summed E-state index contributed by atoms with van der Waals surface area (Å²) >= 11 is 11.0. The van der Waals surface area contributed by atoms with Crippen LogP contribution in [0.4, 0.5) is 8.78 Å². The maximum atomic E-state index is 12.2. The van der Waals surface area contributed by atoms with Gasteiger partial charge in [0.05, 0.1) is 0 Å². The molecule has 0 aliphatic carbocycles. The molecular weight excluding hydrogens is 207 g/mol. The average molecular weight is 212 g/mol. The number of hydrogen-bond acceptors (Lipinski definition) is 1. The van der Waals surface area contributed by atoms with Crippen molar-refractivity contribution < 1.29 is 8.78 Å². The molecule has 0 atom stereocenters. The molecule has 12 heavy (non-hydrogen) atoms. The molecule has 0 radical (unpaired) electrons. The summed E-state index contributed by atoms with van der Waals surface area (Å²) in [6.07, 6.45) is -2.57. The lowest BCUT2D eigenvalue weighted by Crippen LogP contribution is -1.93. The van der Waals surface area contributed by atoms with Crippen molar-refractivity contribution in [2.45, 2.75) is 13.3 Å². The van der Waals surface area contributed by atoms with E-state index in [2.05, 4.69) is 4.98 Å². The fourth-order valence-corrected chi connectivity index (χ4v) is 1.24. The third kappa shape index (κ3) is 1.84. The van der Waals surface area contributed by atoms with Gasteiger partial charge in [-0.15, -0.1) is 0 Å². The van der Waals surface area contributed by atoms with E-state index in [0.717, 1.165) is 6.07 Å². The summed E-state index contributed by atoms with van der Waals surface area (Å²) < 4.78 is 24.5. The van der Waals surface area contributed by atoms with E-state index in [9.17, 15) is 8.78 Å². The van der Waals surface area contributed by atoms with Crippen LogP contribution in [-0.2, 0) is 0 Å². The smallest absolute Gasteiger partial charge is 0.224 e. The standard InChI is InChI=1S/C7H5Cl2F2N/c1-3-4(7(10)11)2-5(8)12-6(3)9/h2,7H,1H3. The maximum absolute atomic E-state index is 12.2. The highest BCUT2D eigenvalue weighted by Gasteiger charge is 2.14. The van der Waals surface area contributed by atoms with Crippen LogP contribution < -0.4 is 0 Å². The van der Waals surface area contributed by atoms with Crippen molar-refractivity contribution in [3.05, 3.63) is 27.5 Å². The third-order valence-electron chi connectivity index (χ3n) is 1.46. The van der Waals surface area contributed by atoms with Gasteiger partial charge in [0.2, 0.25) is 0 Å². The van der Waals surface area contributed by atoms with Gasteiger partial charge in [0.1, 0.15) is 10.3 Å². The van der Waals surface area contributed by atoms with Gasteiger partial charge in [-0.05, 0) is 18.6 Å². The molecule has 0 amide bonds. The monoisotopic (exact) mass is 211 g/mol. The summed E-state index contributed by atoms with van der Waals surface area (Å²) in [7, 11) is 0. The van der Waals surface area contributed by atoms with Crippen LogP contribution in [0.15, 0.2) is 6.07 Å². The van der Waals surface area contributed by atoms with E-state index in [1.807, 2.05) is 0 Å². The molecule has 1 heterocycles. The van der Waals surface area contributed by atoms with E-state index in [4.69, 9.17) is 23.2 Å². The second kappa shape index (κ2) is 3.54. The van der Waals surface area contributed by atoms with Gasteiger partial charge in [-0.2, -0.15) is 0 Å². The van der Waals surface area contributed by atoms with Gasteiger partial charge in [0.25, 0.3) is 6.43 Å². The van der Waals surface area contributed by atoms with Gasteiger partial charge in [0.15, 0.2) is 0 Å². The van der Waals surface area contributed by atoms with Gasteiger partial charge in [-0.1, -0.05) is 23.2 Å². The molecule has 0 aromatic carbocycles. The summed E-state index contributed by atoms with van der Waals surface area (Å²) in [4.78, 5) is 3.61. The van der Waals surface area contributed by atoms with Crippen LogP contribution in [-0.4, -0.2) is 4.98 Å². The van der Waals surface area contributed by atoms with Crippen molar-refractivity contribution in [2.24, 2.45) is 0 Å². The first-order chi connectivity index (χ1) is 5.52. The highest BCUT2D eigenvalue weighted by Crippen LogP contribution is 2.28. The minimum Gasteiger partial charge on any atom is -0.224 e. The zero-order chi connectivity index (χ0) is 9.30. The van der Waals surface area contributed by atoms with Crippen LogP contribution in [0.2, 0.25) is 10.3 Å². The molecule has 0 spiro atoms. The number of halogens is 4. The first kappa shape index (κ1) is 9.68. The first-order valence-corrected chi connectivity index (χ1v) is 3.88. The Kier molecular flexibility index (Phi) is 2.85. The molecule has 0 unspecified atom stereocenters. The van der Waals surface area contributed by atoms with E-state index in [1.165, 1.54) is 6.92 Å². The molecule has 1 aromatic rings. The van der Waals surface area contributed by atoms with Gasteiger partial charge in [-0.25, -0.2) is 13.8 Å². The predicted octanol–water partition coefficient (Wildman–Crippen LogP) is 3.63. The second-order valence-corrected chi connectivity index (χ2v) is 3.00. The molecule has 1 rings (SSSR count). The molecule has 66 valence electrons. The van der Waals surface area contributed by atoms with Crippen molar-refractivity contribution in [3.8, 4) is 0 Å². The topological polar surface area (TPSA) is 12.9 Å². The van der Waals surface area contributed by atoms with Crippen LogP contribution in [0.1, 0.15) is 17.6 Å². The molecule has 5 heteroatoms. The number of aromatic nitrogens is 1. The highest BCUT2D eigenvalue weighted by atomic mass is 35.5. The van der Waals surface area contributed by atoms with E-state index in [0.29, 0.717) is 0 Å². The van der Waals surface area contributed by atoms with Crippen LogP contribution >= 0.6 is 23.2 Å². The highest BCUT2D eigenvalue weighted by molar-refractivity contribution is 6.33. The molecule has 0 aliphatic heterocycles. The van der Waals surface area contributed by atoms with Crippen LogP contribution in [0.5, 0.6) is 0 Å². The molecule has 0 bridgehead atoms. The normalized spacial score (nSPS) is 10.8. The number of pyridine rings is 1. The lowest BCUT2D eigenvalue weighted by molar-refractivity contribution is 0.150. The van der Waals surface area contributed by atoms with Crippen LogP contribution in [0.25, 0.3) is 0 Å². The largest absolute Gasteiger partial charge is 0.264 e. The Morgan fingerprint density at radius 3 is 2.50 bits per heavy atom. The van der Waals surface area contributed by atoms with Crippen molar-refractivity contribution in [1.29, 1.82) is 0 Å². The fraction of sp³-hybridized carbons (Fsp3) is 0.286. The van der Waals surface area contributed by atoms with E-state index in [1.54, 1.807) is 0 Å². The summed E-state index contributed by atoms with van der Waals surface area (Å²) in [6, 6.07) is 1.12. The van der Waals surface area contributed by atoms with Crippen molar-refractivity contribution in [3.63, 3.8) is 0 Å². The summed E-state index contributed by atoms with van der Waals surface area (Å²) in [5.41, 5.74) is 0.107. The molecule has 1 aromatic heterocycles. The van der Waals surface area contributed by atoms with Gasteiger partial charge in [0, 0.05) is 5.56 Å². The molecule has 0 aliphatic rings. The number of alkyl halides is 2.